The topological polar surface area (TPSA) is 89.4 Å². The number of carbonyl (C=O) groups excluding carboxylic acids is 2. The number of amides is 2. The molecule has 1 heterocycles. The van der Waals surface area contributed by atoms with E-state index in [0.29, 0.717) is 6.54 Å². The van der Waals surface area contributed by atoms with Crippen molar-refractivity contribution in [2.45, 2.75) is 52.6 Å². The number of likely N-dealkylation sites (tertiary alicyclic amines) is 1. The molecule has 0 spiro atoms. The molecule has 0 bridgehead atoms. The lowest BCUT2D eigenvalue weighted by molar-refractivity contribution is -0.141. The third-order valence-corrected chi connectivity index (χ3v) is 3.77. The van der Waals surface area contributed by atoms with Crippen LogP contribution in [0.3, 0.4) is 0 Å². The summed E-state index contributed by atoms with van der Waals surface area (Å²) in [6.07, 6.45) is 1.56. The summed E-state index contributed by atoms with van der Waals surface area (Å²) in [5, 5.41) is 0. The maximum atomic E-state index is 12.4. The van der Waals surface area contributed by atoms with Crippen molar-refractivity contribution in [1.82, 2.24) is 4.90 Å². The number of carbonyl (C=O) groups is 2. The molecule has 2 unspecified atom stereocenters. The van der Waals surface area contributed by atoms with Crippen LogP contribution in [0.5, 0.6) is 0 Å². The van der Waals surface area contributed by atoms with Gasteiger partial charge in [-0.2, -0.15) is 0 Å². The second-order valence-corrected chi connectivity index (χ2v) is 6.36. The van der Waals surface area contributed by atoms with E-state index in [4.69, 9.17) is 11.5 Å². The molecule has 4 N–H and O–H groups in total. The molecular formula is C13H25N3O2. The standard InChI is InChI=1S/C13H25N3O2/c1-8-5-6-9(11(15)17)7-16(8)12(18)10(14)13(2,3)4/h8-10H,5-7,14H2,1-4H3,(H2,15,17)/t8?,9?,10-/m1/s1. The van der Waals surface area contributed by atoms with Gasteiger partial charge >= 0.3 is 0 Å². The average molecular weight is 255 g/mol. The van der Waals surface area contributed by atoms with Crippen LogP contribution < -0.4 is 11.5 Å². The highest BCUT2D eigenvalue weighted by Crippen LogP contribution is 2.25. The SMILES string of the molecule is CC1CCC(C(N)=O)CN1C(=O)[C@@H](N)C(C)(C)C. The highest BCUT2D eigenvalue weighted by atomic mass is 16.2. The molecule has 0 aliphatic carbocycles. The summed E-state index contributed by atoms with van der Waals surface area (Å²) < 4.78 is 0. The second kappa shape index (κ2) is 5.26. The lowest BCUT2D eigenvalue weighted by atomic mass is 9.85. The van der Waals surface area contributed by atoms with Gasteiger partial charge in [0.05, 0.1) is 12.0 Å². The van der Waals surface area contributed by atoms with Gasteiger partial charge < -0.3 is 16.4 Å². The van der Waals surface area contributed by atoms with E-state index in [0.717, 1.165) is 12.8 Å². The van der Waals surface area contributed by atoms with Crippen molar-refractivity contribution >= 4 is 11.8 Å². The third kappa shape index (κ3) is 3.22. The van der Waals surface area contributed by atoms with Crippen molar-refractivity contribution in [3.8, 4) is 0 Å². The minimum absolute atomic E-state index is 0.0825. The van der Waals surface area contributed by atoms with Crippen LogP contribution in [0.15, 0.2) is 0 Å². The van der Waals surface area contributed by atoms with E-state index < -0.39 is 6.04 Å². The van der Waals surface area contributed by atoms with E-state index >= 15 is 0 Å². The summed E-state index contributed by atoms with van der Waals surface area (Å²) in [6, 6.07) is -0.423. The minimum Gasteiger partial charge on any atom is -0.369 e. The van der Waals surface area contributed by atoms with Crippen molar-refractivity contribution in [3.05, 3.63) is 0 Å². The van der Waals surface area contributed by atoms with Crippen LogP contribution >= 0.6 is 0 Å². The molecule has 0 aromatic rings. The quantitative estimate of drug-likeness (QED) is 0.751. The molecule has 3 atom stereocenters. The Morgan fingerprint density at radius 1 is 1.28 bits per heavy atom. The van der Waals surface area contributed by atoms with Gasteiger partial charge in [0.15, 0.2) is 0 Å². The lowest BCUT2D eigenvalue weighted by Gasteiger charge is -2.40. The average Bonchev–Trinajstić information content (AvgIpc) is 2.26. The highest BCUT2D eigenvalue weighted by Gasteiger charge is 2.37. The second-order valence-electron chi connectivity index (χ2n) is 6.36. The van der Waals surface area contributed by atoms with Gasteiger partial charge in [-0.15, -0.1) is 0 Å². The Hall–Kier alpha value is -1.10. The molecule has 2 amide bonds. The summed E-state index contributed by atoms with van der Waals surface area (Å²) in [6.45, 7) is 8.21. The number of piperidine rings is 1. The Kier molecular flexibility index (Phi) is 4.37. The molecule has 104 valence electrons. The maximum absolute atomic E-state index is 12.4. The Balaban J connectivity index is 2.80. The number of nitrogens with zero attached hydrogens (tertiary/aromatic N) is 1. The van der Waals surface area contributed by atoms with E-state index in [-0.39, 0.29) is 29.2 Å². The Labute approximate surface area is 109 Å². The molecule has 1 fully saturated rings. The molecular weight excluding hydrogens is 230 g/mol. The molecule has 5 nitrogen and oxygen atoms in total. The largest absolute Gasteiger partial charge is 0.369 e. The molecule has 0 aromatic heterocycles. The molecule has 18 heavy (non-hydrogen) atoms. The summed E-state index contributed by atoms with van der Waals surface area (Å²) in [5.41, 5.74) is 11.0. The van der Waals surface area contributed by atoms with E-state index in [1.165, 1.54) is 0 Å². The van der Waals surface area contributed by atoms with Gasteiger partial charge in [-0.05, 0) is 25.2 Å². The molecule has 0 saturated carbocycles. The van der Waals surface area contributed by atoms with E-state index in [1.807, 2.05) is 27.7 Å². The molecule has 1 aliphatic rings. The van der Waals surface area contributed by atoms with Crippen LogP contribution in [-0.2, 0) is 9.59 Å². The Morgan fingerprint density at radius 3 is 2.28 bits per heavy atom. The normalized spacial score (nSPS) is 26.8. The fourth-order valence-electron chi connectivity index (χ4n) is 2.20. The maximum Gasteiger partial charge on any atom is 0.240 e. The Bertz CT molecular complexity index is 336. The van der Waals surface area contributed by atoms with Gasteiger partial charge in [-0.3, -0.25) is 9.59 Å². The predicted molar refractivity (Wildman–Crippen MR) is 70.5 cm³/mol. The van der Waals surface area contributed by atoms with Crippen LogP contribution in [0.2, 0.25) is 0 Å². The zero-order valence-electron chi connectivity index (χ0n) is 11.8. The van der Waals surface area contributed by atoms with Crippen molar-refractivity contribution in [2.24, 2.45) is 22.8 Å². The Morgan fingerprint density at radius 2 is 1.83 bits per heavy atom. The van der Waals surface area contributed by atoms with Crippen LogP contribution in [0.1, 0.15) is 40.5 Å². The third-order valence-electron chi connectivity index (χ3n) is 3.77. The molecule has 0 aromatic carbocycles. The van der Waals surface area contributed by atoms with E-state index in [9.17, 15) is 9.59 Å². The highest BCUT2D eigenvalue weighted by molar-refractivity contribution is 5.84. The van der Waals surface area contributed by atoms with Gasteiger partial charge in [0.25, 0.3) is 0 Å². The van der Waals surface area contributed by atoms with Gasteiger partial charge in [0.1, 0.15) is 0 Å². The predicted octanol–water partition coefficient (Wildman–Crippen LogP) is 0.472. The van der Waals surface area contributed by atoms with Gasteiger partial charge in [0, 0.05) is 12.6 Å². The zero-order chi connectivity index (χ0) is 14.1. The van der Waals surface area contributed by atoms with Crippen molar-refractivity contribution in [3.63, 3.8) is 0 Å². The zero-order valence-corrected chi connectivity index (χ0v) is 11.8. The van der Waals surface area contributed by atoms with Crippen molar-refractivity contribution in [2.75, 3.05) is 6.54 Å². The summed E-state index contributed by atoms with van der Waals surface area (Å²) in [4.78, 5) is 25.3. The molecule has 0 radical (unpaired) electrons. The van der Waals surface area contributed by atoms with Gasteiger partial charge in [0.2, 0.25) is 11.8 Å². The first-order chi connectivity index (χ1) is 8.14. The smallest absolute Gasteiger partial charge is 0.240 e. The summed E-state index contributed by atoms with van der Waals surface area (Å²) >= 11 is 0. The first-order valence-corrected chi connectivity index (χ1v) is 6.50. The molecule has 1 rings (SSSR count). The van der Waals surface area contributed by atoms with Gasteiger partial charge in [-0.1, -0.05) is 20.8 Å². The summed E-state index contributed by atoms with van der Waals surface area (Å²) in [5.74, 6) is -0.651. The van der Waals surface area contributed by atoms with E-state index in [1.54, 1.807) is 4.90 Å². The first kappa shape index (κ1) is 15.0. The minimum atomic E-state index is -0.549. The number of nitrogens with two attached hydrogens (primary N) is 2. The number of hydrogen-bond acceptors (Lipinski definition) is 3. The van der Waals surface area contributed by atoms with Gasteiger partial charge in [-0.25, -0.2) is 0 Å². The van der Waals surface area contributed by atoms with Crippen LogP contribution in [0.4, 0.5) is 0 Å². The van der Waals surface area contributed by atoms with Crippen LogP contribution in [0.25, 0.3) is 0 Å². The number of primary amides is 1. The summed E-state index contributed by atoms with van der Waals surface area (Å²) in [7, 11) is 0. The monoisotopic (exact) mass is 255 g/mol. The fourth-order valence-corrected chi connectivity index (χ4v) is 2.20. The first-order valence-electron chi connectivity index (χ1n) is 6.50. The molecule has 1 saturated heterocycles. The van der Waals surface area contributed by atoms with E-state index in [2.05, 4.69) is 0 Å². The van der Waals surface area contributed by atoms with Crippen LogP contribution in [0, 0.1) is 11.3 Å². The number of hydrogen-bond donors (Lipinski definition) is 2. The number of rotatable bonds is 2. The lowest BCUT2D eigenvalue weighted by Crippen LogP contribution is -2.56. The fraction of sp³-hybridized carbons (Fsp3) is 0.846. The van der Waals surface area contributed by atoms with Crippen LogP contribution in [-0.4, -0.2) is 35.3 Å². The molecule has 5 heteroatoms. The molecule has 1 aliphatic heterocycles. The van der Waals surface area contributed by atoms with Crippen molar-refractivity contribution in [1.29, 1.82) is 0 Å². The van der Waals surface area contributed by atoms with Crippen molar-refractivity contribution < 1.29 is 9.59 Å².